The molecule has 0 aliphatic carbocycles. The van der Waals surface area contributed by atoms with Gasteiger partial charge in [0.1, 0.15) is 0 Å². The minimum atomic E-state index is -0.400. The number of aryl methyl sites for hydroxylation is 1. The summed E-state index contributed by atoms with van der Waals surface area (Å²) in [5.74, 6) is 0. The van der Waals surface area contributed by atoms with E-state index >= 15 is 0 Å². The summed E-state index contributed by atoms with van der Waals surface area (Å²) in [7, 11) is 1.63. The second kappa shape index (κ2) is 3.81. The molecular weight excluding hydrogens is 204 g/mol. The van der Waals surface area contributed by atoms with E-state index in [2.05, 4.69) is 4.98 Å². The Balaban J connectivity index is 2.69. The molecule has 1 N–H and O–H groups in total. The van der Waals surface area contributed by atoms with Crippen LogP contribution in [0.4, 0.5) is 0 Å². The molecule has 0 atom stereocenters. The Morgan fingerprint density at radius 2 is 1.75 bits per heavy atom. The number of hydrogen-bond donors (Lipinski definition) is 1. The topological polar surface area (TPSA) is 54.9 Å². The predicted molar refractivity (Wildman–Crippen MR) is 62.5 cm³/mol. The molecule has 0 aliphatic heterocycles. The summed E-state index contributed by atoms with van der Waals surface area (Å²) in [5, 5.41) is 0. The Hall–Kier alpha value is -2.10. The lowest BCUT2D eigenvalue weighted by Gasteiger charge is -2.06. The first-order valence-corrected chi connectivity index (χ1v) is 4.95. The van der Waals surface area contributed by atoms with Crippen molar-refractivity contribution >= 4 is 0 Å². The SMILES string of the molecule is Cc1ccc(-c2cc(=O)[nH]c(=O)n2C)cc1. The molecule has 0 spiro atoms. The second-order valence-corrected chi connectivity index (χ2v) is 3.75. The van der Waals surface area contributed by atoms with Gasteiger partial charge in [0.15, 0.2) is 0 Å². The third-order valence-corrected chi connectivity index (χ3v) is 2.51. The van der Waals surface area contributed by atoms with Crippen molar-refractivity contribution in [3.05, 3.63) is 56.7 Å². The quantitative estimate of drug-likeness (QED) is 0.774. The van der Waals surface area contributed by atoms with Crippen LogP contribution in [0.5, 0.6) is 0 Å². The van der Waals surface area contributed by atoms with E-state index < -0.39 is 5.69 Å². The van der Waals surface area contributed by atoms with Gasteiger partial charge in [0.25, 0.3) is 5.56 Å². The molecule has 0 bridgehead atoms. The molecule has 82 valence electrons. The van der Waals surface area contributed by atoms with Gasteiger partial charge in [0, 0.05) is 13.1 Å². The van der Waals surface area contributed by atoms with E-state index in [4.69, 9.17) is 0 Å². The van der Waals surface area contributed by atoms with Gasteiger partial charge in [-0.05, 0) is 12.5 Å². The third-order valence-electron chi connectivity index (χ3n) is 2.51. The van der Waals surface area contributed by atoms with E-state index in [0.29, 0.717) is 5.69 Å². The number of rotatable bonds is 1. The van der Waals surface area contributed by atoms with Crippen molar-refractivity contribution in [2.45, 2.75) is 6.92 Å². The number of nitrogens with one attached hydrogen (secondary N) is 1. The summed E-state index contributed by atoms with van der Waals surface area (Å²) < 4.78 is 1.42. The fourth-order valence-electron chi connectivity index (χ4n) is 1.56. The maximum Gasteiger partial charge on any atom is 0.328 e. The minimum Gasteiger partial charge on any atom is -0.296 e. The van der Waals surface area contributed by atoms with Gasteiger partial charge < -0.3 is 0 Å². The van der Waals surface area contributed by atoms with Gasteiger partial charge in [-0.25, -0.2) is 4.79 Å². The van der Waals surface area contributed by atoms with Gasteiger partial charge in [-0.3, -0.25) is 14.3 Å². The van der Waals surface area contributed by atoms with Gasteiger partial charge >= 0.3 is 5.69 Å². The summed E-state index contributed by atoms with van der Waals surface area (Å²) in [6.07, 6.45) is 0. The number of hydrogen-bond acceptors (Lipinski definition) is 2. The highest BCUT2D eigenvalue weighted by Crippen LogP contribution is 2.15. The lowest BCUT2D eigenvalue weighted by atomic mass is 10.1. The highest BCUT2D eigenvalue weighted by Gasteiger charge is 2.04. The Labute approximate surface area is 92.2 Å². The van der Waals surface area contributed by atoms with Crippen molar-refractivity contribution in [2.24, 2.45) is 7.05 Å². The first-order chi connectivity index (χ1) is 7.58. The summed E-state index contributed by atoms with van der Waals surface area (Å²) in [6, 6.07) is 9.10. The second-order valence-electron chi connectivity index (χ2n) is 3.75. The highest BCUT2D eigenvalue weighted by molar-refractivity contribution is 5.59. The van der Waals surface area contributed by atoms with E-state index in [1.165, 1.54) is 10.6 Å². The fraction of sp³-hybridized carbons (Fsp3) is 0.167. The Bertz CT molecular complexity index is 621. The average molecular weight is 216 g/mol. The van der Waals surface area contributed by atoms with Gasteiger partial charge in [0.05, 0.1) is 5.69 Å². The van der Waals surface area contributed by atoms with E-state index in [1.54, 1.807) is 7.05 Å². The van der Waals surface area contributed by atoms with Crippen LogP contribution in [0.3, 0.4) is 0 Å². The van der Waals surface area contributed by atoms with Gasteiger partial charge in [-0.1, -0.05) is 29.8 Å². The molecule has 0 saturated heterocycles. The number of H-pyrrole nitrogens is 1. The molecule has 0 unspecified atom stereocenters. The molecule has 4 heteroatoms. The lowest BCUT2D eigenvalue weighted by Crippen LogP contribution is -2.28. The van der Waals surface area contributed by atoms with Crippen LogP contribution in [-0.4, -0.2) is 9.55 Å². The smallest absolute Gasteiger partial charge is 0.296 e. The zero-order valence-electron chi connectivity index (χ0n) is 9.15. The van der Waals surface area contributed by atoms with Crippen molar-refractivity contribution in [3.8, 4) is 11.3 Å². The van der Waals surface area contributed by atoms with E-state index in [0.717, 1.165) is 11.1 Å². The molecule has 2 aromatic rings. The molecule has 0 amide bonds. The van der Waals surface area contributed by atoms with Crippen LogP contribution in [-0.2, 0) is 7.05 Å². The van der Waals surface area contributed by atoms with Crippen molar-refractivity contribution in [1.29, 1.82) is 0 Å². The highest BCUT2D eigenvalue weighted by atomic mass is 16.2. The van der Waals surface area contributed by atoms with Crippen LogP contribution in [0.1, 0.15) is 5.56 Å². The predicted octanol–water partition coefficient (Wildman–Crippen LogP) is 1.05. The Morgan fingerprint density at radius 1 is 1.12 bits per heavy atom. The summed E-state index contributed by atoms with van der Waals surface area (Å²) in [4.78, 5) is 24.9. The van der Waals surface area contributed by atoms with E-state index in [-0.39, 0.29) is 5.56 Å². The molecule has 2 rings (SSSR count). The van der Waals surface area contributed by atoms with Crippen molar-refractivity contribution in [2.75, 3.05) is 0 Å². The van der Waals surface area contributed by atoms with E-state index in [1.807, 2.05) is 31.2 Å². The van der Waals surface area contributed by atoms with Crippen molar-refractivity contribution in [1.82, 2.24) is 9.55 Å². The van der Waals surface area contributed by atoms with Crippen LogP contribution in [0.15, 0.2) is 39.9 Å². The standard InChI is InChI=1S/C12H12N2O2/c1-8-3-5-9(6-4-8)10-7-11(15)13-12(16)14(10)2/h3-7H,1-2H3,(H,13,15,16). The molecule has 1 aromatic carbocycles. The summed E-state index contributed by atoms with van der Waals surface area (Å²) in [5.41, 5.74) is 1.84. The van der Waals surface area contributed by atoms with Crippen LogP contribution in [0.25, 0.3) is 11.3 Å². The molecule has 0 aliphatic rings. The molecule has 0 fully saturated rings. The average Bonchev–Trinajstić information content (AvgIpc) is 2.25. The number of nitrogens with zero attached hydrogens (tertiary/aromatic N) is 1. The zero-order chi connectivity index (χ0) is 11.7. The first-order valence-electron chi connectivity index (χ1n) is 4.95. The largest absolute Gasteiger partial charge is 0.328 e. The third kappa shape index (κ3) is 1.82. The molecule has 0 saturated carbocycles. The Morgan fingerprint density at radius 3 is 2.38 bits per heavy atom. The molecule has 16 heavy (non-hydrogen) atoms. The summed E-state index contributed by atoms with van der Waals surface area (Å²) in [6.45, 7) is 1.99. The maximum absolute atomic E-state index is 11.4. The van der Waals surface area contributed by atoms with E-state index in [9.17, 15) is 9.59 Å². The zero-order valence-corrected chi connectivity index (χ0v) is 9.15. The Kier molecular flexibility index (Phi) is 2.48. The van der Waals surface area contributed by atoms with Crippen LogP contribution in [0, 0.1) is 6.92 Å². The number of aromatic amines is 1. The number of aromatic nitrogens is 2. The molecule has 0 radical (unpaired) electrons. The van der Waals surface area contributed by atoms with Crippen molar-refractivity contribution < 1.29 is 0 Å². The lowest BCUT2D eigenvalue weighted by molar-refractivity contribution is 0.809. The molecule has 4 nitrogen and oxygen atoms in total. The molecular formula is C12H12N2O2. The van der Waals surface area contributed by atoms with Crippen LogP contribution in [0.2, 0.25) is 0 Å². The minimum absolute atomic E-state index is 0.376. The van der Waals surface area contributed by atoms with Gasteiger partial charge in [-0.2, -0.15) is 0 Å². The first kappa shape index (κ1) is 10.4. The maximum atomic E-state index is 11.4. The fourth-order valence-corrected chi connectivity index (χ4v) is 1.56. The molecule has 1 heterocycles. The summed E-state index contributed by atoms with van der Waals surface area (Å²) >= 11 is 0. The van der Waals surface area contributed by atoms with Crippen LogP contribution < -0.4 is 11.2 Å². The van der Waals surface area contributed by atoms with Gasteiger partial charge in [-0.15, -0.1) is 0 Å². The monoisotopic (exact) mass is 216 g/mol. The van der Waals surface area contributed by atoms with Gasteiger partial charge in [0.2, 0.25) is 0 Å². The number of benzene rings is 1. The van der Waals surface area contributed by atoms with Crippen molar-refractivity contribution in [3.63, 3.8) is 0 Å². The van der Waals surface area contributed by atoms with Crippen LogP contribution >= 0.6 is 0 Å². The molecule has 1 aromatic heterocycles. The normalized spacial score (nSPS) is 10.4.